The van der Waals surface area contributed by atoms with Gasteiger partial charge in [-0.1, -0.05) is 11.8 Å². The van der Waals surface area contributed by atoms with Crippen molar-refractivity contribution in [1.29, 1.82) is 0 Å². The number of carbonyl (C=O) groups excluding carboxylic acids is 2. The molecule has 0 heterocycles. The van der Waals surface area contributed by atoms with Gasteiger partial charge in [0, 0.05) is 12.7 Å². The summed E-state index contributed by atoms with van der Waals surface area (Å²) >= 11 is -0.242. The number of methoxy groups -OCH3 is 1. The second-order valence-electron chi connectivity index (χ2n) is 2.86. The molecule has 94 valence electrons. The van der Waals surface area contributed by atoms with E-state index in [1.807, 2.05) is 0 Å². The smallest absolute Gasteiger partial charge is 0.441 e. The first kappa shape index (κ1) is 15.1. The number of hydrogen-bond donors (Lipinski definition) is 1. The fourth-order valence-electron chi connectivity index (χ4n) is 0.929. The molecule has 0 aliphatic heterocycles. The van der Waals surface area contributed by atoms with Crippen LogP contribution in [0.15, 0.2) is 0 Å². The van der Waals surface area contributed by atoms with Crippen molar-refractivity contribution in [3.05, 3.63) is 0 Å². The molecule has 16 heavy (non-hydrogen) atoms. The lowest BCUT2D eigenvalue weighted by atomic mass is 10.2. The summed E-state index contributed by atoms with van der Waals surface area (Å²) < 4.78 is 39.8. The number of thioether (sulfide) groups is 1. The first-order chi connectivity index (χ1) is 7.26. The predicted molar refractivity (Wildman–Crippen MR) is 52.8 cm³/mol. The van der Waals surface area contributed by atoms with Crippen molar-refractivity contribution in [2.75, 3.05) is 12.9 Å². The Morgan fingerprint density at radius 3 is 2.38 bits per heavy atom. The van der Waals surface area contributed by atoms with Crippen molar-refractivity contribution in [2.45, 2.75) is 24.9 Å². The second kappa shape index (κ2) is 6.62. The quantitative estimate of drug-likeness (QED) is 0.756. The van der Waals surface area contributed by atoms with E-state index in [1.165, 1.54) is 6.92 Å². The Morgan fingerprint density at radius 1 is 1.44 bits per heavy atom. The molecule has 0 bridgehead atoms. The van der Waals surface area contributed by atoms with E-state index in [9.17, 15) is 22.8 Å². The summed E-state index contributed by atoms with van der Waals surface area (Å²) in [6.45, 7) is 1.17. The van der Waals surface area contributed by atoms with Gasteiger partial charge in [-0.15, -0.1) is 0 Å². The van der Waals surface area contributed by atoms with Crippen LogP contribution in [0, 0.1) is 0 Å². The molecule has 0 aliphatic rings. The number of ether oxygens (including phenoxy) is 1. The average molecular weight is 259 g/mol. The maximum Gasteiger partial charge on any atom is 0.441 e. The fraction of sp³-hybridized carbons (Fsp3) is 0.750. The highest BCUT2D eigenvalue weighted by molar-refractivity contribution is 8.00. The van der Waals surface area contributed by atoms with E-state index in [2.05, 4.69) is 10.1 Å². The summed E-state index contributed by atoms with van der Waals surface area (Å²) in [7, 11) is 1.11. The third-order valence-corrected chi connectivity index (χ3v) is 2.30. The van der Waals surface area contributed by atoms with Crippen molar-refractivity contribution >= 4 is 23.6 Å². The second-order valence-corrected chi connectivity index (χ2v) is 4.02. The Labute approximate surface area is 94.9 Å². The molecule has 0 rings (SSSR count). The lowest BCUT2D eigenvalue weighted by Gasteiger charge is -2.15. The number of esters is 1. The summed E-state index contributed by atoms with van der Waals surface area (Å²) in [6.07, 6.45) is -0.129. The minimum Gasteiger partial charge on any atom is -0.467 e. The highest BCUT2D eigenvalue weighted by Crippen LogP contribution is 2.30. The Hall–Kier alpha value is -0.920. The molecule has 0 saturated carbocycles. The van der Waals surface area contributed by atoms with Crippen molar-refractivity contribution in [1.82, 2.24) is 5.32 Å². The normalized spacial score (nSPS) is 13.1. The highest BCUT2D eigenvalue weighted by atomic mass is 32.2. The van der Waals surface area contributed by atoms with Crippen LogP contribution in [0.1, 0.15) is 13.3 Å². The van der Waals surface area contributed by atoms with Crippen LogP contribution >= 0.6 is 11.8 Å². The van der Waals surface area contributed by atoms with Crippen molar-refractivity contribution in [3.8, 4) is 0 Å². The van der Waals surface area contributed by atoms with Crippen LogP contribution in [-0.2, 0) is 14.3 Å². The van der Waals surface area contributed by atoms with E-state index in [0.717, 1.165) is 7.11 Å². The number of alkyl halides is 3. The number of carbonyl (C=O) groups is 2. The van der Waals surface area contributed by atoms with Crippen LogP contribution in [0.5, 0.6) is 0 Å². The Morgan fingerprint density at radius 2 is 2.00 bits per heavy atom. The van der Waals surface area contributed by atoms with Gasteiger partial charge in [0.15, 0.2) is 0 Å². The maximum atomic E-state index is 11.8. The molecular weight excluding hydrogens is 247 g/mol. The van der Waals surface area contributed by atoms with Crippen LogP contribution in [0.2, 0.25) is 0 Å². The summed E-state index contributed by atoms with van der Waals surface area (Å²) in [4.78, 5) is 21.8. The largest absolute Gasteiger partial charge is 0.467 e. The van der Waals surface area contributed by atoms with Crippen molar-refractivity contribution in [2.24, 2.45) is 0 Å². The molecule has 0 saturated heterocycles. The molecule has 1 N–H and O–H groups in total. The molecule has 0 radical (unpaired) electrons. The van der Waals surface area contributed by atoms with Crippen LogP contribution < -0.4 is 5.32 Å². The van der Waals surface area contributed by atoms with Crippen molar-refractivity contribution < 1.29 is 27.5 Å². The summed E-state index contributed by atoms with van der Waals surface area (Å²) in [5.74, 6) is -1.56. The minimum absolute atomic E-state index is 0.129. The highest BCUT2D eigenvalue weighted by Gasteiger charge is 2.29. The van der Waals surface area contributed by atoms with Crippen LogP contribution in [0.4, 0.5) is 13.2 Å². The molecule has 0 aromatic carbocycles. The van der Waals surface area contributed by atoms with Gasteiger partial charge in [-0.3, -0.25) is 4.79 Å². The van der Waals surface area contributed by atoms with Gasteiger partial charge < -0.3 is 10.1 Å². The maximum absolute atomic E-state index is 11.8. The van der Waals surface area contributed by atoms with Gasteiger partial charge in [-0.25, -0.2) is 4.79 Å². The fourth-order valence-corrected chi connectivity index (χ4v) is 1.51. The monoisotopic (exact) mass is 259 g/mol. The third kappa shape index (κ3) is 7.38. The van der Waals surface area contributed by atoms with E-state index in [4.69, 9.17) is 0 Å². The van der Waals surface area contributed by atoms with Gasteiger partial charge in [0.25, 0.3) is 0 Å². The summed E-state index contributed by atoms with van der Waals surface area (Å²) in [5, 5.41) is 2.22. The number of rotatable bonds is 5. The molecule has 4 nitrogen and oxygen atoms in total. The van der Waals surface area contributed by atoms with Crippen LogP contribution in [0.25, 0.3) is 0 Å². The molecule has 0 aliphatic carbocycles. The SMILES string of the molecule is COC(=O)[C@H](CCSC(F)(F)F)NC(C)=O. The van der Waals surface area contributed by atoms with Gasteiger partial charge in [0.05, 0.1) is 7.11 Å². The molecule has 0 aromatic rings. The molecule has 0 unspecified atom stereocenters. The van der Waals surface area contributed by atoms with Crippen LogP contribution in [-0.4, -0.2) is 36.3 Å². The zero-order valence-electron chi connectivity index (χ0n) is 8.76. The predicted octanol–water partition coefficient (Wildman–Crippen LogP) is 1.31. The van der Waals surface area contributed by atoms with E-state index in [-0.39, 0.29) is 23.9 Å². The van der Waals surface area contributed by atoms with E-state index < -0.39 is 23.4 Å². The first-order valence-electron chi connectivity index (χ1n) is 4.32. The number of amides is 1. The molecule has 1 amide bonds. The van der Waals surface area contributed by atoms with Gasteiger partial charge in [-0.05, 0) is 6.42 Å². The summed E-state index contributed by atoms with van der Waals surface area (Å²) in [6, 6.07) is -1.03. The average Bonchev–Trinajstić information content (AvgIpc) is 2.12. The topological polar surface area (TPSA) is 55.4 Å². The molecule has 0 fully saturated rings. The lowest BCUT2D eigenvalue weighted by molar-refractivity contribution is -0.144. The summed E-state index contributed by atoms with van der Waals surface area (Å²) in [5.41, 5.74) is -4.34. The molecule has 0 spiro atoms. The first-order valence-corrected chi connectivity index (χ1v) is 5.30. The Balaban J connectivity index is 4.12. The standard InChI is InChI=1S/C8H12F3NO3S/c1-5(13)12-6(7(14)15-2)3-4-16-8(9,10)11/h6H,3-4H2,1-2H3,(H,12,13)/t6-/m0/s1. The number of nitrogens with one attached hydrogen (secondary N) is 1. The Kier molecular flexibility index (Phi) is 6.24. The number of halogens is 3. The van der Waals surface area contributed by atoms with E-state index in [0.29, 0.717) is 0 Å². The van der Waals surface area contributed by atoms with E-state index >= 15 is 0 Å². The van der Waals surface area contributed by atoms with Gasteiger partial charge in [-0.2, -0.15) is 13.2 Å². The van der Waals surface area contributed by atoms with Crippen molar-refractivity contribution in [3.63, 3.8) is 0 Å². The zero-order valence-corrected chi connectivity index (χ0v) is 9.57. The molecule has 1 atom stereocenters. The molecule has 0 aromatic heterocycles. The minimum atomic E-state index is -4.34. The van der Waals surface area contributed by atoms with Crippen LogP contribution in [0.3, 0.4) is 0 Å². The Bertz CT molecular complexity index is 257. The van der Waals surface area contributed by atoms with Gasteiger partial charge in [0.1, 0.15) is 6.04 Å². The third-order valence-electron chi connectivity index (χ3n) is 1.54. The molecule has 8 heteroatoms. The van der Waals surface area contributed by atoms with Gasteiger partial charge >= 0.3 is 11.5 Å². The number of hydrogen-bond acceptors (Lipinski definition) is 4. The lowest BCUT2D eigenvalue weighted by Crippen LogP contribution is -2.40. The molecular formula is C8H12F3NO3S. The zero-order chi connectivity index (χ0) is 12.8. The van der Waals surface area contributed by atoms with Gasteiger partial charge in [0.2, 0.25) is 5.91 Å². The van der Waals surface area contributed by atoms with E-state index in [1.54, 1.807) is 0 Å².